The predicted octanol–water partition coefficient (Wildman–Crippen LogP) is 2.25. The first-order chi connectivity index (χ1) is 11.4. The fraction of sp³-hybridized carbons (Fsp3) is 0.556. The fourth-order valence-corrected chi connectivity index (χ4v) is 2.91. The number of likely N-dealkylation sites (tertiary alicyclic amines) is 1. The maximum atomic E-state index is 12.4. The minimum absolute atomic E-state index is 0.0198. The molecular formula is C18H27N3O3. The molecule has 1 aliphatic heterocycles. The monoisotopic (exact) mass is 333 g/mol. The van der Waals surface area contributed by atoms with Crippen molar-refractivity contribution in [1.82, 2.24) is 4.90 Å². The molecule has 0 aliphatic carbocycles. The van der Waals surface area contributed by atoms with Crippen molar-refractivity contribution in [3.05, 3.63) is 23.8 Å². The van der Waals surface area contributed by atoms with Crippen LogP contribution in [-0.4, -0.2) is 49.6 Å². The van der Waals surface area contributed by atoms with Crippen molar-refractivity contribution in [3.8, 4) is 0 Å². The Morgan fingerprint density at radius 3 is 2.67 bits per heavy atom. The van der Waals surface area contributed by atoms with E-state index in [0.29, 0.717) is 6.04 Å². The highest BCUT2D eigenvalue weighted by Gasteiger charge is 2.29. The van der Waals surface area contributed by atoms with Crippen LogP contribution in [0.1, 0.15) is 25.8 Å². The van der Waals surface area contributed by atoms with Crippen molar-refractivity contribution in [2.75, 3.05) is 37.4 Å². The molecule has 0 aromatic heterocycles. The van der Waals surface area contributed by atoms with Gasteiger partial charge in [0.1, 0.15) is 6.61 Å². The molecule has 132 valence electrons. The van der Waals surface area contributed by atoms with Gasteiger partial charge in [0.05, 0.1) is 5.92 Å². The van der Waals surface area contributed by atoms with E-state index >= 15 is 0 Å². The van der Waals surface area contributed by atoms with Gasteiger partial charge in [0.25, 0.3) is 0 Å². The summed E-state index contributed by atoms with van der Waals surface area (Å²) in [5.41, 5.74) is 2.37. The molecule has 1 atom stereocenters. The number of ether oxygens (including phenoxy) is 1. The average Bonchev–Trinajstić information content (AvgIpc) is 3.00. The third kappa shape index (κ3) is 4.79. The van der Waals surface area contributed by atoms with E-state index in [2.05, 4.69) is 29.4 Å². The normalized spacial score (nSPS) is 18.0. The second-order valence-corrected chi connectivity index (χ2v) is 6.57. The Labute approximate surface area is 143 Å². The first kappa shape index (κ1) is 18.4. The predicted molar refractivity (Wildman–Crippen MR) is 95.1 cm³/mol. The van der Waals surface area contributed by atoms with Gasteiger partial charge in [0.2, 0.25) is 11.8 Å². The van der Waals surface area contributed by atoms with Gasteiger partial charge in [0.15, 0.2) is 0 Å². The van der Waals surface area contributed by atoms with Gasteiger partial charge >= 0.3 is 0 Å². The van der Waals surface area contributed by atoms with Gasteiger partial charge in [0, 0.05) is 31.1 Å². The average molecular weight is 333 g/mol. The standard InChI is InChI=1S/C18H27N3O3/c1-12(2)21-8-7-14(10-21)18(23)19-15-5-6-16(13(3)9-15)20-17(22)11-24-4/h5-6,9,12,14H,7-8,10-11H2,1-4H3,(H,19,23)(H,20,22). The number of amides is 2. The number of methoxy groups -OCH3 is 1. The first-order valence-electron chi connectivity index (χ1n) is 8.35. The van der Waals surface area contributed by atoms with Crippen LogP contribution in [0.25, 0.3) is 0 Å². The molecule has 1 aliphatic rings. The molecule has 1 heterocycles. The van der Waals surface area contributed by atoms with Crippen LogP contribution in [0.15, 0.2) is 18.2 Å². The summed E-state index contributed by atoms with van der Waals surface area (Å²) < 4.78 is 4.80. The van der Waals surface area contributed by atoms with E-state index in [1.54, 1.807) is 6.07 Å². The lowest BCUT2D eigenvalue weighted by atomic mass is 10.1. The number of carbonyl (C=O) groups is 2. The number of rotatable bonds is 6. The molecule has 0 spiro atoms. The van der Waals surface area contributed by atoms with Crippen molar-refractivity contribution in [1.29, 1.82) is 0 Å². The van der Waals surface area contributed by atoms with Crippen LogP contribution >= 0.6 is 0 Å². The Morgan fingerprint density at radius 1 is 1.33 bits per heavy atom. The molecule has 2 rings (SSSR count). The number of hydrogen-bond acceptors (Lipinski definition) is 4. The van der Waals surface area contributed by atoms with Crippen LogP contribution in [-0.2, 0) is 14.3 Å². The van der Waals surface area contributed by atoms with Crippen molar-refractivity contribution in [2.24, 2.45) is 5.92 Å². The lowest BCUT2D eigenvalue weighted by Gasteiger charge is -2.20. The van der Waals surface area contributed by atoms with Gasteiger partial charge in [-0.15, -0.1) is 0 Å². The molecule has 1 saturated heterocycles. The largest absolute Gasteiger partial charge is 0.375 e. The summed E-state index contributed by atoms with van der Waals surface area (Å²) in [6.45, 7) is 8.01. The lowest BCUT2D eigenvalue weighted by molar-refractivity contribution is -0.120. The van der Waals surface area contributed by atoms with E-state index < -0.39 is 0 Å². The highest BCUT2D eigenvalue weighted by molar-refractivity contribution is 5.95. The van der Waals surface area contributed by atoms with Crippen LogP contribution in [0.2, 0.25) is 0 Å². The minimum Gasteiger partial charge on any atom is -0.375 e. The summed E-state index contributed by atoms with van der Waals surface area (Å²) in [6.07, 6.45) is 0.897. The third-order valence-electron chi connectivity index (χ3n) is 4.36. The van der Waals surface area contributed by atoms with E-state index in [1.807, 2.05) is 19.1 Å². The lowest BCUT2D eigenvalue weighted by Crippen LogP contribution is -2.31. The molecule has 24 heavy (non-hydrogen) atoms. The van der Waals surface area contributed by atoms with Gasteiger partial charge in [-0.1, -0.05) is 0 Å². The van der Waals surface area contributed by atoms with Crippen molar-refractivity contribution < 1.29 is 14.3 Å². The molecular weight excluding hydrogens is 306 g/mol. The molecule has 0 bridgehead atoms. The molecule has 1 unspecified atom stereocenters. The van der Waals surface area contributed by atoms with Crippen LogP contribution in [0.5, 0.6) is 0 Å². The highest BCUT2D eigenvalue weighted by atomic mass is 16.5. The van der Waals surface area contributed by atoms with Crippen molar-refractivity contribution >= 4 is 23.2 Å². The number of aryl methyl sites for hydroxylation is 1. The molecule has 2 N–H and O–H groups in total. The molecule has 6 nitrogen and oxygen atoms in total. The van der Waals surface area contributed by atoms with E-state index in [4.69, 9.17) is 4.74 Å². The number of hydrogen-bond donors (Lipinski definition) is 2. The molecule has 1 fully saturated rings. The summed E-state index contributed by atoms with van der Waals surface area (Å²) >= 11 is 0. The topological polar surface area (TPSA) is 70.7 Å². The smallest absolute Gasteiger partial charge is 0.250 e. The van der Waals surface area contributed by atoms with Crippen molar-refractivity contribution in [2.45, 2.75) is 33.2 Å². The quantitative estimate of drug-likeness (QED) is 0.838. The molecule has 2 amide bonds. The third-order valence-corrected chi connectivity index (χ3v) is 4.36. The minimum atomic E-state index is -0.197. The molecule has 1 aromatic rings. The number of nitrogens with one attached hydrogen (secondary N) is 2. The maximum absolute atomic E-state index is 12.4. The Morgan fingerprint density at radius 2 is 2.08 bits per heavy atom. The number of benzene rings is 1. The van der Waals surface area contributed by atoms with Gasteiger partial charge < -0.3 is 20.3 Å². The number of anilines is 2. The first-order valence-corrected chi connectivity index (χ1v) is 8.35. The van der Waals surface area contributed by atoms with Gasteiger partial charge in [-0.2, -0.15) is 0 Å². The Bertz CT molecular complexity index is 601. The van der Waals surface area contributed by atoms with E-state index in [-0.39, 0.29) is 24.3 Å². The van der Waals surface area contributed by atoms with Gasteiger partial charge in [-0.3, -0.25) is 9.59 Å². The summed E-state index contributed by atoms with van der Waals surface area (Å²) in [5, 5.41) is 5.77. The molecule has 0 saturated carbocycles. The van der Waals surface area contributed by atoms with E-state index in [0.717, 1.165) is 36.4 Å². The van der Waals surface area contributed by atoms with Crippen molar-refractivity contribution in [3.63, 3.8) is 0 Å². The molecule has 1 aromatic carbocycles. The zero-order chi connectivity index (χ0) is 17.7. The number of carbonyl (C=O) groups excluding carboxylic acids is 2. The van der Waals surface area contributed by atoms with Gasteiger partial charge in [-0.05, 0) is 57.5 Å². The summed E-state index contributed by atoms with van der Waals surface area (Å²) in [5.74, 6) is -0.0976. The second kappa shape index (κ2) is 8.26. The number of nitrogens with zero attached hydrogens (tertiary/aromatic N) is 1. The summed E-state index contributed by atoms with van der Waals surface area (Å²) in [7, 11) is 1.48. The van der Waals surface area contributed by atoms with Gasteiger partial charge in [-0.25, -0.2) is 0 Å². The highest BCUT2D eigenvalue weighted by Crippen LogP contribution is 2.23. The SMILES string of the molecule is COCC(=O)Nc1ccc(NC(=O)C2CCN(C(C)C)C2)cc1C. The van der Waals surface area contributed by atoms with Crippen LogP contribution in [0, 0.1) is 12.8 Å². The van der Waals surface area contributed by atoms with E-state index in [1.165, 1.54) is 7.11 Å². The Hall–Kier alpha value is -1.92. The van der Waals surface area contributed by atoms with Crippen LogP contribution < -0.4 is 10.6 Å². The zero-order valence-corrected chi connectivity index (χ0v) is 14.9. The fourth-order valence-electron chi connectivity index (χ4n) is 2.91. The van der Waals surface area contributed by atoms with Crippen LogP contribution in [0.3, 0.4) is 0 Å². The molecule has 0 radical (unpaired) electrons. The maximum Gasteiger partial charge on any atom is 0.250 e. The zero-order valence-electron chi connectivity index (χ0n) is 14.9. The Balaban J connectivity index is 1.94. The molecule has 6 heteroatoms. The second-order valence-electron chi connectivity index (χ2n) is 6.57. The summed E-state index contributed by atoms with van der Waals surface area (Å²) in [6, 6.07) is 5.95. The van der Waals surface area contributed by atoms with E-state index in [9.17, 15) is 9.59 Å². The Kier molecular flexibility index (Phi) is 6.34. The van der Waals surface area contributed by atoms with Crippen LogP contribution in [0.4, 0.5) is 11.4 Å². The summed E-state index contributed by atoms with van der Waals surface area (Å²) in [4.78, 5) is 26.3.